The Bertz CT molecular complexity index is 495. The molecule has 0 aliphatic carbocycles. The van der Waals surface area contributed by atoms with Gasteiger partial charge >= 0.3 is 12.2 Å². The van der Waals surface area contributed by atoms with Crippen molar-refractivity contribution >= 4 is 40.5 Å². The Labute approximate surface area is 130 Å². The number of phenolic OH excluding ortho intramolecular Hbond substituents is 1. The van der Waals surface area contributed by atoms with Crippen molar-refractivity contribution in [3.63, 3.8) is 0 Å². The van der Waals surface area contributed by atoms with Crippen LogP contribution in [-0.2, 0) is 9.47 Å². The second-order valence-corrected chi connectivity index (χ2v) is 4.66. The van der Waals surface area contributed by atoms with Crippen LogP contribution in [0.25, 0.3) is 0 Å². The van der Waals surface area contributed by atoms with Crippen LogP contribution in [0.1, 0.15) is 13.8 Å². The number of anilines is 1. The third kappa shape index (κ3) is 4.44. The van der Waals surface area contributed by atoms with Crippen LogP contribution in [0, 0.1) is 3.57 Å². The van der Waals surface area contributed by atoms with E-state index in [0.717, 1.165) is 5.01 Å². The molecule has 0 heterocycles. The predicted octanol–water partition coefficient (Wildman–Crippen LogP) is 2.62. The van der Waals surface area contributed by atoms with Gasteiger partial charge < -0.3 is 14.6 Å². The van der Waals surface area contributed by atoms with Gasteiger partial charge in [0.2, 0.25) is 0 Å². The SMILES string of the molecule is CCOC(=O)NN(C(=O)OCC)c1ccc(O)c(I)c1. The average molecular weight is 394 g/mol. The number of hydrazine groups is 1. The van der Waals surface area contributed by atoms with Gasteiger partial charge in [-0.05, 0) is 54.6 Å². The molecule has 110 valence electrons. The van der Waals surface area contributed by atoms with Crippen LogP contribution in [-0.4, -0.2) is 30.5 Å². The van der Waals surface area contributed by atoms with Crippen LogP contribution in [0.4, 0.5) is 15.3 Å². The first-order valence-electron chi connectivity index (χ1n) is 5.88. The van der Waals surface area contributed by atoms with Gasteiger partial charge in [0.15, 0.2) is 0 Å². The topological polar surface area (TPSA) is 88.1 Å². The van der Waals surface area contributed by atoms with Crippen molar-refractivity contribution in [2.45, 2.75) is 13.8 Å². The molecular weight excluding hydrogens is 379 g/mol. The van der Waals surface area contributed by atoms with Gasteiger partial charge in [-0.2, -0.15) is 5.01 Å². The highest BCUT2D eigenvalue weighted by atomic mass is 127. The van der Waals surface area contributed by atoms with E-state index in [-0.39, 0.29) is 19.0 Å². The highest BCUT2D eigenvalue weighted by molar-refractivity contribution is 14.1. The summed E-state index contributed by atoms with van der Waals surface area (Å²) in [4.78, 5) is 23.3. The molecule has 7 nitrogen and oxygen atoms in total. The molecule has 0 saturated carbocycles. The fourth-order valence-corrected chi connectivity index (χ4v) is 1.79. The standard InChI is InChI=1S/C12H15IN2O5/c1-3-19-11(17)14-15(12(18)20-4-2)8-5-6-10(16)9(13)7-8/h5-7,16H,3-4H2,1-2H3,(H,14,17). The van der Waals surface area contributed by atoms with Gasteiger partial charge in [-0.1, -0.05) is 0 Å². The van der Waals surface area contributed by atoms with Gasteiger partial charge in [-0.15, -0.1) is 0 Å². The first-order chi connectivity index (χ1) is 9.49. The zero-order chi connectivity index (χ0) is 15.1. The van der Waals surface area contributed by atoms with Crippen molar-refractivity contribution in [3.8, 4) is 5.75 Å². The molecule has 0 aliphatic rings. The molecule has 1 aromatic rings. The Balaban J connectivity index is 2.99. The van der Waals surface area contributed by atoms with Crippen molar-refractivity contribution in [2.24, 2.45) is 0 Å². The Morgan fingerprint density at radius 2 is 1.95 bits per heavy atom. The van der Waals surface area contributed by atoms with Crippen LogP contribution in [0.15, 0.2) is 18.2 Å². The maximum atomic E-state index is 11.8. The number of nitrogens with one attached hydrogen (secondary N) is 1. The molecule has 1 rings (SSSR count). The molecule has 0 radical (unpaired) electrons. The van der Waals surface area contributed by atoms with E-state index < -0.39 is 12.2 Å². The summed E-state index contributed by atoms with van der Waals surface area (Å²) in [6.07, 6.45) is -1.52. The second-order valence-electron chi connectivity index (χ2n) is 3.50. The summed E-state index contributed by atoms with van der Waals surface area (Å²) in [7, 11) is 0. The van der Waals surface area contributed by atoms with Crippen LogP contribution in [0.5, 0.6) is 5.75 Å². The Morgan fingerprint density at radius 3 is 2.50 bits per heavy atom. The number of hydrogen-bond donors (Lipinski definition) is 2. The monoisotopic (exact) mass is 394 g/mol. The molecule has 0 bridgehead atoms. The smallest absolute Gasteiger partial charge is 0.433 e. The molecule has 0 unspecified atom stereocenters. The van der Waals surface area contributed by atoms with Crippen LogP contribution >= 0.6 is 22.6 Å². The second kappa shape index (κ2) is 7.78. The van der Waals surface area contributed by atoms with Crippen molar-refractivity contribution in [1.29, 1.82) is 0 Å². The minimum Gasteiger partial charge on any atom is -0.507 e. The summed E-state index contributed by atoms with van der Waals surface area (Å²) in [6.45, 7) is 3.64. The van der Waals surface area contributed by atoms with E-state index >= 15 is 0 Å². The maximum Gasteiger partial charge on any atom is 0.433 e. The first-order valence-corrected chi connectivity index (χ1v) is 6.96. The Kier molecular flexibility index (Phi) is 6.36. The lowest BCUT2D eigenvalue weighted by Gasteiger charge is -2.22. The highest BCUT2D eigenvalue weighted by Gasteiger charge is 2.21. The number of aromatic hydroxyl groups is 1. The van der Waals surface area contributed by atoms with Crippen molar-refractivity contribution in [3.05, 3.63) is 21.8 Å². The van der Waals surface area contributed by atoms with Crippen LogP contribution in [0.2, 0.25) is 0 Å². The number of ether oxygens (including phenoxy) is 2. The van der Waals surface area contributed by atoms with Crippen LogP contribution < -0.4 is 10.4 Å². The van der Waals surface area contributed by atoms with E-state index in [9.17, 15) is 14.7 Å². The summed E-state index contributed by atoms with van der Waals surface area (Å²) in [6, 6.07) is 4.41. The average Bonchev–Trinajstić information content (AvgIpc) is 2.40. The van der Waals surface area contributed by atoms with Gasteiger partial charge in [-0.25, -0.2) is 15.0 Å². The quantitative estimate of drug-likeness (QED) is 0.608. The molecule has 2 N–H and O–H groups in total. The number of benzene rings is 1. The summed E-state index contributed by atoms with van der Waals surface area (Å²) < 4.78 is 10.1. The van der Waals surface area contributed by atoms with Gasteiger partial charge in [0.25, 0.3) is 0 Å². The largest absolute Gasteiger partial charge is 0.507 e. The summed E-state index contributed by atoms with van der Waals surface area (Å²) in [5, 5.41) is 10.4. The molecule has 2 amide bonds. The Hall–Kier alpha value is -1.71. The minimum absolute atomic E-state index is 0.0780. The maximum absolute atomic E-state index is 11.8. The molecule has 0 spiro atoms. The van der Waals surface area contributed by atoms with Gasteiger partial charge in [0.1, 0.15) is 5.75 Å². The van der Waals surface area contributed by atoms with E-state index in [1.165, 1.54) is 18.2 Å². The fourth-order valence-electron chi connectivity index (χ4n) is 1.29. The van der Waals surface area contributed by atoms with Crippen molar-refractivity contribution < 1.29 is 24.2 Å². The number of amides is 2. The lowest BCUT2D eigenvalue weighted by atomic mass is 10.3. The fraction of sp³-hybridized carbons (Fsp3) is 0.333. The number of nitrogens with zero attached hydrogens (tertiary/aromatic N) is 1. The third-order valence-corrected chi connectivity index (χ3v) is 2.98. The number of carbonyl (C=O) groups is 2. The van der Waals surface area contributed by atoms with E-state index in [2.05, 4.69) is 5.43 Å². The van der Waals surface area contributed by atoms with E-state index in [0.29, 0.717) is 9.26 Å². The molecule has 0 aliphatic heterocycles. The molecule has 0 saturated heterocycles. The number of hydrogen-bond acceptors (Lipinski definition) is 5. The van der Waals surface area contributed by atoms with E-state index in [4.69, 9.17) is 9.47 Å². The number of phenols is 1. The predicted molar refractivity (Wildman–Crippen MR) is 80.5 cm³/mol. The molecule has 0 aromatic heterocycles. The first kappa shape index (κ1) is 16.3. The Morgan fingerprint density at radius 1 is 1.30 bits per heavy atom. The summed E-state index contributed by atoms with van der Waals surface area (Å²) >= 11 is 1.91. The molecule has 1 aromatic carbocycles. The number of rotatable bonds is 3. The molecule has 8 heteroatoms. The van der Waals surface area contributed by atoms with Gasteiger partial charge in [0, 0.05) is 0 Å². The zero-order valence-electron chi connectivity index (χ0n) is 11.1. The van der Waals surface area contributed by atoms with Crippen molar-refractivity contribution in [1.82, 2.24) is 5.43 Å². The molecule has 0 fully saturated rings. The lowest BCUT2D eigenvalue weighted by Crippen LogP contribution is -2.47. The molecule has 20 heavy (non-hydrogen) atoms. The molecular formula is C12H15IN2O5. The van der Waals surface area contributed by atoms with E-state index in [1.807, 2.05) is 22.6 Å². The minimum atomic E-state index is -0.774. The molecule has 0 atom stereocenters. The lowest BCUT2D eigenvalue weighted by molar-refractivity contribution is 0.138. The third-order valence-electron chi connectivity index (χ3n) is 2.12. The number of carbonyl (C=O) groups excluding carboxylic acids is 2. The number of halogens is 1. The zero-order valence-corrected chi connectivity index (χ0v) is 13.2. The van der Waals surface area contributed by atoms with Crippen LogP contribution in [0.3, 0.4) is 0 Å². The van der Waals surface area contributed by atoms with Gasteiger partial charge in [-0.3, -0.25) is 0 Å². The van der Waals surface area contributed by atoms with E-state index in [1.54, 1.807) is 13.8 Å². The highest BCUT2D eigenvalue weighted by Crippen LogP contribution is 2.25. The summed E-state index contributed by atoms with van der Waals surface area (Å²) in [5.74, 6) is 0.0780. The van der Waals surface area contributed by atoms with Crippen molar-refractivity contribution in [2.75, 3.05) is 18.2 Å². The summed E-state index contributed by atoms with van der Waals surface area (Å²) in [5.41, 5.74) is 2.62. The normalized spacial score (nSPS) is 9.75. The van der Waals surface area contributed by atoms with Gasteiger partial charge in [0.05, 0.1) is 22.5 Å².